The predicted octanol–water partition coefficient (Wildman–Crippen LogP) is 5.97. The third-order valence-corrected chi connectivity index (χ3v) is 8.58. The van der Waals surface area contributed by atoms with Crippen LogP contribution < -0.4 is 9.64 Å². The standard InChI is InChI=1S/C34H32N2O3/c1-23-11-7-8-14-26(23)21-36-30-16-10-9-15-29(30)34(33(36)38)31(32(37)25-12-5-4-6-13-25)28(22-35(34)2)24-17-19-27(39-3)20-18-24/h4-20,28,31H,21-22H2,1-3H3/t28-,31-,34+/m0/s1. The predicted molar refractivity (Wildman–Crippen MR) is 153 cm³/mol. The molecule has 0 unspecified atom stereocenters. The molecule has 1 spiro atoms. The second-order valence-corrected chi connectivity index (χ2v) is 10.6. The van der Waals surface area contributed by atoms with Crippen LogP contribution in [0.3, 0.4) is 0 Å². The number of fused-ring (bicyclic) bond motifs is 2. The van der Waals surface area contributed by atoms with E-state index in [-0.39, 0.29) is 17.6 Å². The average molecular weight is 517 g/mol. The van der Waals surface area contributed by atoms with E-state index in [9.17, 15) is 9.59 Å². The Bertz CT molecular complexity index is 1530. The molecule has 1 fully saturated rings. The van der Waals surface area contributed by atoms with E-state index in [0.717, 1.165) is 33.7 Å². The monoisotopic (exact) mass is 516 g/mol. The van der Waals surface area contributed by atoms with Crippen LogP contribution in [0.1, 0.15) is 38.5 Å². The smallest absolute Gasteiger partial charge is 0.253 e. The minimum atomic E-state index is -1.11. The molecule has 2 heterocycles. The van der Waals surface area contributed by atoms with Gasteiger partial charge in [0.2, 0.25) is 0 Å². The highest BCUT2D eigenvalue weighted by molar-refractivity contribution is 6.13. The Morgan fingerprint density at radius 3 is 2.28 bits per heavy atom. The van der Waals surface area contributed by atoms with Gasteiger partial charge in [0, 0.05) is 29.3 Å². The largest absolute Gasteiger partial charge is 0.497 e. The Morgan fingerprint density at radius 2 is 1.56 bits per heavy atom. The quantitative estimate of drug-likeness (QED) is 0.296. The van der Waals surface area contributed by atoms with Crippen LogP contribution in [-0.4, -0.2) is 37.3 Å². The maximum absolute atomic E-state index is 14.8. The normalized spacial score (nSPS) is 22.3. The van der Waals surface area contributed by atoms with Gasteiger partial charge in [-0.3, -0.25) is 14.5 Å². The summed E-state index contributed by atoms with van der Waals surface area (Å²) in [5.41, 5.74) is 4.54. The minimum Gasteiger partial charge on any atom is -0.497 e. The Labute approximate surface area is 229 Å². The van der Waals surface area contributed by atoms with Crippen molar-refractivity contribution in [1.29, 1.82) is 0 Å². The van der Waals surface area contributed by atoms with Crippen molar-refractivity contribution >= 4 is 17.4 Å². The van der Waals surface area contributed by atoms with E-state index in [1.54, 1.807) is 7.11 Å². The van der Waals surface area contributed by atoms with Gasteiger partial charge in [0.25, 0.3) is 5.91 Å². The molecule has 0 N–H and O–H groups in total. The van der Waals surface area contributed by atoms with Crippen LogP contribution in [0.15, 0.2) is 103 Å². The van der Waals surface area contributed by atoms with Gasteiger partial charge in [-0.2, -0.15) is 0 Å². The fraction of sp³-hybridized carbons (Fsp3) is 0.235. The first-order chi connectivity index (χ1) is 19.0. The number of anilines is 1. The van der Waals surface area contributed by atoms with Gasteiger partial charge in [-0.05, 0) is 48.9 Å². The van der Waals surface area contributed by atoms with Crippen LogP contribution in [0.4, 0.5) is 5.69 Å². The molecule has 5 nitrogen and oxygen atoms in total. The second-order valence-electron chi connectivity index (χ2n) is 10.6. The Balaban J connectivity index is 1.53. The van der Waals surface area contributed by atoms with Gasteiger partial charge in [-0.15, -0.1) is 0 Å². The minimum absolute atomic E-state index is 0.0123. The summed E-state index contributed by atoms with van der Waals surface area (Å²) in [5.74, 6) is -0.0725. The fourth-order valence-corrected chi connectivity index (χ4v) is 6.62. The number of aryl methyl sites for hydroxylation is 1. The van der Waals surface area contributed by atoms with Crippen molar-refractivity contribution in [2.75, 3.05) is 25.6 Å². The summed E-state index contributed by atoms with van der Waals surface area (Å²) in [4.78, 5) is 33.4. The number of likely N-dealkylation sites (N-methyl/N-ethyl adjacent to an activating group) is 1. The fourth-order valence-electron chi connectivity index (χ4n) is 6.62. The molecule has 0 bridgehead atoms. The second kappa shape index (κ2) is 9.83. The van der Waals surface area contributed by atoms with Gasteiger partial charge in [-0.25, -0.2) is 0 Å². The first-order valence-electron chi connectivity index (χ1n) is 13.4. The average Bonchev–Trinajstić information content (AvgIpc) is 3.42. The maximum atomic E-state index is 14.8. The number of carbonyl (C=O) groups is 2. The zero-order chi connectivity index (χ0) is 27.1. The van der Waals surface area contributed by atoms with Gasteiger partial charge in [0.05, 0.1) is 19.6 Å². The number of carbonyl (C=O) groups excluding carboxylic acids is 2. The van der Waals surface area contributed by atoms with Crippen LogP contribution in [0.25, 0.3) is 0 Å². The number of methoxy groups -OCH3 is 1. The molecule has 2 aliphatic rings. The SMILES string of the molecule is COc1ccc([C@@H]2CN(C)[C@@]3(C(=O)N(Cc4ccccc4C)c4ccccc43)[C@@H]2C(=O)c2ccccc2)cc1. The van der Waals surface area contributed by atoms with E-state index in [2.05, 4.69) is 24.0 Å². The molecular formula is C34H32N2O3. The van der Waals surface area contributed by atoms with Crippen LogP contribution in [-0.2, 0) is 16.9 Å². The molecule has 0 saturated carbocycles. The summed E-state index contributed by atoms with van der Waals surface area (Å²) in [6, 6.07) is 33.5. The van der Waals surface area contributed by atoms with Crippen molar-refractivity contribution < 1.29 is 14.3 Å². The molecule has 4 aromatic carbocycles. The molecule has 0 aliphatic carbocycles. The van der Waals surface area contributed by atoms with Crippen LogP contribution in [0.2, 0.25) is 0 Å². The number of benzene rings is 4. The van der Waals surface area contributed by atoms with Crippen LogP contribution in [0, 0.1) is 12.8 Å². The van der Waals surface area contributed by atoms with Crippen molar-refractivity contribution in [2.45, 2.75) is 24.9 Å². The number of hydrogen-bond acceptors (Lipinski definition) is 4. The Morgan fingerprint density at radius 1 is 0.897 bits per heavy atom. The number of para-hydroxylation sites is 1. The molecule has 39 heavy (non-hydrogen) atoms. The van der Waals surface area contributed by atoms with E-state index < -0.39 is 11.5 Å². The lowest BCUT2D eigenvalue weighted by molar-refractivity contribution is -0.129. The van der Waals surface area contributed by atoms with E-state index in [1.165, 1.54) is 0 Å². The van der Waals surface area contributed by atoms with Gasteiger partial charge < -0.3 is 9.64 Å². The number of likely N-dealkylation sites (tertiary alicyclic amines) is 1. The molecule has 1 amide bonds. The van der Waals surface area contributed by atoms with E-state index >= 15 is 0 Å². The number of ketones is 1. The summed E-state index contributed by atoms with van der Waals surface area (Å²) >= 11 is 0. The molecule has 0 radical (unpaired) electrons. The summed E-state index contributed by atoms with van der Waals surface area (Å²) in [6.45, 7) is 3.10. The van der Waals surface area contributed by atoms with Crippen molar-refractivity contribution in [2.24, 2.45) is 5.92 Å². The summed E-state index contributed by atoms with van der Waals surface area (Å²) in [7, 11) is 3.63. The summed E-state index contributed by atoms with van der Waals surface area (Å²) < 4.78 is 5.40. The third kappa shape index (κ3) is 3.88. The highest BCUT2D eigenvalue weighted by atomic mass is 16.5. The lowest BCUT2D eigenvalue weighted by Crippen LogP contribution is -2.53. The maximum Gasteiger partial charge on any atom is 0.253 e. The molecule has 3 atom stereocenters. The van der Waals surface area contributed by atoms with Crippen LogP contribution in [0.5, 0.6) is 5.75 Å². The molecule has 196 valence electrons. The van der Waals surface area contributed by atoms with Gasteiger partial charge in [0.15, 0.2) is 5.78 Å². The van der Waals surface area contributed by atoms with E-state index in [4.69, 9.17) is 4.74 Å². The number of ether oxygens (including phenoxy) is 1. The zero-order valence-corrected chi connectivity index (χ0v) is 22.5. The zero-order valence-electron chi connectivity index (χ0n) is 22.5. The molecule has 6 rings (SSSR count). The van der Waals surface area contributed by atoms with Crippen molar-refractivity contribution in [1.82, 2.24) is 4.90 Å². The first-order valence-corrected chi connectivity index (χ1v) is 13.4. The van der Waals surface area contributed by atoms with Gasteiger partial charge >= 0.3 is 0 Å². The van der Waals surface area contributed by atoms with Gasteiger partial charge in [0.1, 0.15) is 11.3 Å². The molecule has 1 saturated heterocycles. The molecule has 5 heteroatoms. The van der Waals surface area contributed by atoms with Gasteiger partial charge in [-0.1, -0.05) is 84.9 Å². The van der Waals surface area contributed by atoms with Crippen LogP contribution >= 0.6 is 0 Å². The van der Waals surface area contributed by atoms with Crippen molar-refractivity contribution in [3.05, 3.63) is 131 Å². The molecular weight excluding hydrogens is 484 g/mol. The lowest BCUT2D eigenvalue weighted by Gasteiger charge is -2.36. The highest BCUT2D eigenvalue weighted by Crippen LogP contribution is 2.57. The highest BCUT2D eigenvalue weighted by Gasteiger charge is 2.66. The van der Waals surface area contributed by atoms with Crippen molar-refractivity contribution in [3.63, 3.8) is 0 Å². The van der Waals surface area contributed by atoms with E-state index in [1.807, 2.05) is 103 Å². The Kier molecular flexibility index (Phi) is 6.32. The molecule has 2 aliphatic heterocycles. The third-order valence-electron chi connectivity index (χ3n) is 8.58. The molecule has 4 aromatic rings. The number of rotatable bonds is 6. The summed E-state index contributed by atoms with van der Waals surface area (Å²) in [5, 5.41) is 0. The number of Topliss-reactive ketones (excluding diaryl/α,β-unsaturated/α-hetero) is 1. The number of amides is 1. The number of hydrogen-bond donors (Lipinski definition) is 0. The van der Waals surface area contributed by atoms with E-state index in [0.29, 0.717) is 18.7 Å². The topological polar surface area (TPSA) is 49.9 Å². The van der Waals surface area contributed by atoms with Crippen molar-refractivity contribution in [3.8, 4) is 5.75 Å². The number of nitrogens with zero attached hydrogens (tertiary/aromatic N) is 2. The first kappa shape index (κ1) is 25.1. The lowest BCUT2D eigenvalue weighted by atomic mass is 9.70. The Hall–Kier alpha value is -4.22. The molecule has 0 aromatic heterocycles. The summed E-state index contributed by atoms with van der Waals surface area (Å²) in [6.07, 6.45) is 0.